The summed E-state index contributed by atoms with van der Waals surface area (Å²) >= 11 is 0. The average Bonchev–Trinajstić information content (AvgIpc) is 3.04. The fourth-order valence-corrected chi connectivity index (χ4v) is 6.22. The molecule has 1 unspecified atom stereocenters. The molecular formula is C42H76O4. The Bertz CT molecular complexity index is 753. The maximum absolute atomic E-state index is 13.0. The van der Waals surface area contributed by atoms with E-state index in [0.717, 1.165) is 51.4 Å². The van der Waals surface area contributed by atoms with Gasteiger partial charge in [0.25, 0.3) is 0 Å². The van der Waals surface area contributed by atoms with Gasteiger partial charge in [-0.05, 0) is 77.0 Å². The lowest BCUT2D eigenvalue weighted by Crippen LogP contribution is -2.19. The van der Waals surface area contributed by atoms with Gasteiger partial charge in [-0.15, -0.1) is 0 Å². The van der Waals surface area contributed by atoms with Crippen LogP contribution in [0, 0.1) is 5.92 Å². The van der Waals surface area contributed by atoms with Crippen LogP contribution in [0.1, 0.15) is 219 Å². The number of carboxylic acid groups (broad SMARTS) is 1. The molecule has 0 saturated heterocycles. The first kappa shape index (κ1) is 44.3. The highest BCUT2D eigenvalue weighted by atomic mass is 16.4. The van der Waals surface area contributed by atoms with Crippen LogP contribution in [-0.2, 0) is 14.4 Å². The van der Waals surface area contributed by atoms with Gasteiger partial charge in [-0.25, -0.2) is 0 Å². The first-order valence-corrected chi connectivity index (χ1v) is 20.1. The van der Waals surface area contributed by atoms with E-state index in [1.54, 1.807) is 0 Å². The molecule has 0 saturated carbocycles. The molecule has 4 heteroatoms. The molecule has 4 nitrogen and oxygen atoms in total. The van der Waals surface area contributed by atoms with Gasteiger partial charge in [0.15, 0.2) is 0 Å². The van der Waals surface area contributed by atoms with Gasteiger partial charge < -0.3 is 5.11 Å². The van der Waals surface area contributed by atoms with Crippen molar-refractivity contribution in [2.45, 2.75) is 219 Å². The van der Waals surface area contributed by atoms with E-state index in [1.165, 1.54) is 116 Å². The molecule has 0 aliphatic carbocycles. The molecule has 0 heterocycles. The van der Waals surface area contributed by atoms with Crippen LogP contribution in [0.2, 0.25) is 0 Å². The van der Waals surface area contributed by atoms with Crippen molar-refractivity contribution in [3.05, 3.63) is 24.3 Å². The zero-order valence-electron chi connectivity index (χ0n) is 30.7. The van der Waals surface area contributed by atoms with Crippen molar-refractivity contribution in [1.29, 1.82) is 0 Å². The van der Waals surface area contributed by atoms with E-state index in [-0.39, 0.29) is 23.9 Å². The molecule has 0 fully saturated rings. The Morgan fingerprint density at radius 1 is 0.457 bits per heavy atom. The SMILES string of the molecule is CCCCCCCCC=CCCCCCCCC(=O)CC(CCCC(=O)O)C(=O)CCCCCCCC=CCCCCCCCC. The van der Waals surface area contributed by atoms with E-state index < -0.39 is 5.97 Å². The first-order valence-electron chi connectivity index (χ1n) is 20.1. The van der Waals surface area contributed by atoms with E-state index in [2.05, 4.69) is 38.2 Å². The summed E-state index contributed by atoms with van der Waals surface area (Å²) in [7, 11) is 0. The lowest BCUT2D eigenvalue weighted by Gasteiger charge is -2.15. The van der Waals surface area contributed by atoms with Crippen LogP contribution >= 0.6 is 0 Å². The van der Waals surface area contributed by atoms with Gasteiger partial charge in [0, 0.05) is 31.6 Å². The van der Waals surface area contributed by atoms with Gasteiger partial charge in [-0.2, -0.15) is 0 Å². The lowest BCUT2D eigenvalue weighted by molar-refractivity contribution is -0.137. The number of carboxylic acids is 1. The number of aliphatic carboxylic acids is 1. The maximum atomic E-state index is 13.0. The number of Topliss-reactive ketones (excluding diaryl/α,β-unsaturated/α-hetero) is 2. The molecule has 0 spiro atoms. The standard InChI is InChI=1S/C42H76O4/c1-3-5-7-9-11-13-15-17-19-21-23-25-27-29-31-35-40(43)38-39(34-33-37-42(45)46)41(44)36-32-30-28-26-24-22-20-18-16-14-12-10-8-6-4-2/h17-20,39H,3-16,21-38H2,1-2H3,(H,45,46). The molecule has 0 aliphatic heterocycles. The smallest absolute Gasteiger partial charge is 0.303 e. The second-order valence-corrected chi connectivity index (χ2v) is 13.9. The van der Waals surface area contributed by atoms with Crippen LogP contribution in [0.4, 0.5) is 0 Å². The highest BCUT2D eigenvalue weighted by Crippen LogP contribution is 2.21. The van der Waals surface area contributed by atoms with Crippen molar-refractivity contribution in [1.82, 2.24) is 0 Å². The summed E-state index contributed by atoms with van der Waals surface area (Å²) < 4.78 is 0. The molecule has 0 aromatic rings. The van der Waals surface area contributed by atoms with Crippen LogP contribution in [-0.4, -0.2) is 22.6 Å². The first-order chi connectivity index (χ1) is 22.5. The zero-order valence-corrected chi connectivity index (χ0v) is 30.7. The van der Waals surface area contributed by atoms with Gasteiger partial charge in [0.05, 0.1) is 0 Å². The van der Waals surface area contributed by atoms with Crippen LogP contribution < -0.4 is 0 Å². The van der Waals surface area contributed by atoms with Crippen molar-refractivity contribution < 1.29 is 19.5 Å². The Hall–Kier alpha value is -1.71. The van der Waals surface area contributed by atoms with Gasteiger partial charge in [0.1, 0.15) is 11.6 Å². The second-order valence-electron chi connectivity index (χ2n) is 13.9. The fraction of sp³-hybridized carbons (Fsp3) is 0.833. The minimum Gasteiger partial charge on any atom is -0.481 e. The predicted molar refractivity (Wildman–Crippen MR) is 199 cm³/mol. The van der Waals surface area contributed by atoms with E-state index in [0.29, 0.717) is 32.1 Å². The molecule has 0 rings (SSSR count). The number of carbonyl (C=O) groups excluding carboxylic acids is 2. The summed E-state index contributed by atoms with van der Waals surface area (Å²) in [5.74, 6) is -0.786. The Morgan fingerprint density at radius 2 is 0.826 bits per heavy atom. The molecule has 46 heavy (non-hydrogen) atoms. The Morgan fingerprint density at radius 3 is 1.24 bits per heavy atom. The average molecular weight is 645 g/mol. The molecular weight excluding hydrogens is 568 g/mol. The van der Waals surface area contributed by atoms with Gasteiger partial charge in [-0.1, -0.05) is 141 Å². The highest BCUT2D eigenvalue weighted by molar-refractivity contribution is 5.88. The number of hydrogen-bond acceptors (Lipinski definition) is 3. The Labute approximate surface area is 286 Å². The summed E-state index contributed by atoms with van der Waals surface area (Å²) in [5.41, 5.74) is 0. The van der Waals surface area contributed by atoms with Crippen LogP contribution in [0.3, 0.4) is 0 Å². The van der Waals surface area contributed by atoms with Crippen molar-refractivity contribution >= 4 is 17.5 Å². The topological polar surface area (TPSA) is 71.4 Å². The molecule has 0 bridgehead atoms. The number of ketones is 2. The lowest BCUT2D eigenvalue weighted by atomic mass is 9.88. The quantitative estimate of drug-likeness (QED) is 0.0539. The highest BCUT2D eigenvalue weighted by Gasteiger charge is 2.21. The van der Waals surface area contributed by atoms with E-state index in [1.807, 2.05) is 0 Å². The molecule has 0 aliphatic rings. The van der Waals surface area contributed by atoms with Crippen LogP contribution in [0.5, 0.6) is 0 Å². The van der Waals surface area contributed by atoms with Gasteiger partial charge >= 0.3 is 5.97 Å². The number of hydrogen-bond donors (Lipinski definition) is 1. The van der Waals surface area contributed by atoms with Gasteiger partial charge in [0.2, 0.25) is 0 Å². The largest absolute Gasteiger partial charge is 0.481 e. The van der Waals surface area contributed by atoms with E-state index >= 15 is 0 Å². The number of unbranched alkanes of at least 4 members (excludes halogenated alkanes) is 22. The number of rotatable bonds is 37. The van der Waals surface area contributed by atoms with Crippen LogP contribution in [0.25, 0.3) is 0 Å². The molecule has 268 valence electrons. The van der Waals surface area contributed by atoms with Gasteiger partial charge in [-0.3, -0.25) is 14.4 Å². The molecule has 0 aromatic carbocycles. The third kappa shape index (κ3) is 33.6. The van der Waals surface area contributed by atoms with E-state index in [9.17, 15) is 14.4 Å². The summed E-state index contributed by atoms with van der Waals surface area (Å²) in [6, 6.07) is 0. The molecule has 1 atom stereocenters. The Balaban J connectivity index is 3.99. The molecule has 0 aromatic heterocycles. The van der Waals surface area contributed by atoms with Crippen molar-refractivity contribution in [2.24, 2.45) is 5.92 Å². The van der Waals surface area contributed by atoms with Crippen LogP contribution in [0.15, 0.2) is 24.3 Å². The summed E-state index contributed by atoms with van der Waals surface area (Å²) in [6.45, 7) is 4.52. The monoisotopic (exact) mass is 645 g/mol. The van der Waals surface area contributed by atoms with Crippen molar-refractivity contribution in [3.63, 3.8) is 0 Å². The molecule has 0 radical (unpaired) electrons. The minimum atomic E-state index is -0.830. The summed E-state index contributed by atoms with van der Waals surface area (Å²) in [5, 5.41) is 9.04. The van der Waals surface area contributed by atoms with Crippen molar-refractivity contribution in [3.8, 4) is 0 Å². The third-order valence-electron chi connectivity index (χ3n) is 9.28. The normalized spacial score (nSPS) is 12.4. The Kier molecular flexibility index (Phi) is 34.8. The number of allylic oxidation sites excluding steroid dienone is 4. The maximum Gasteiger partial charge on any atom is 0.303 e. The molecule has 0 amide bonds. The third-order valence-corrected chi connectivity index (χ3v) is 9.28. The molecule has 1 N–H and O–H groups in total. The predicted octanol–water partition coefficient (Wildman–Crippen LogP) is 13.5. The second kappa shape index (κ2) is 36.1. The fourth-order valence-electron chi connectivity index (χ4n) is 6.22. The number of carbonyl (C=O) groups is 3. The minimum absolute atomic E-state index is 0.0691. The van der Waals surface area contributed by atoms with Crippen molar-refractivity contribution in [2.75, 3.05) is 0 Å². The zero-order chi connectivity index (χ0) is 33.8. The summed E-state index contributed by atoms with van der Waals surface area (Å²) in [4.78, 5) is 36.7. The van der Waals surface area contributed by atoms with E-state index in [4.69, 9.17) is 5.11 Å². The summed E-state index contributed by atoms with van der Waals surface area (Å²) in [6.07, 6.45) is 43.8.